The van der Waals surface area contributed by atoms with Crippen molar-refractivity contribution in [3.8, 4) is 5.75 Å². The van der Waals surface area contributed by atoms with Gasteiger partial charge in [0.05, 0.1) is 38.7 Å². The summed E-state index contributed by atoms with van der Waals surface area (Å²) in [5.41, 5.74) is 0.965. The SMILES string of the molecule is COc1ccc(C2OC(CO)C(O)C(O)C2n2cc(COC3C[C@H](O)[C@H](O)[C@H](O)[C@H]3O)nn2)cc1. The summed E-state index contributed by atoms with van der Waals surface area (Å²) in [6.07, 6.45) is -9.77. The highest BCUT2D eigenvalue weighted by molar-refractivity contribution is 5.30. The number of aromatic nitrogens is 3. The van der Waals surface area contributed by atoms with Crippen LogP contribution in [0.2, 0.25) is 0 Å². The summed E-state index contributed by atoms with van der Waals surface area (Å²) in [5.74, 6) is 0.619. The largest absolute Gasteiger partial charge is 0.497 e. The first-order chi connectivity index (χ1) is 16.7. The van der Waals surface area contributed by atoms with E-state index in [0.29, 0.717) is 17.0 Å². The third kappa shape index (κ3) is 5.18. The van der Waals surface area contributed by atoms with Gasteiger partial charge in [-0.2, -0.15) is 0 Å². The number of nitrogens with zero attached hydrogens (tertiary/aromatic N) is 3. The number of hydrogen-bond acceptors (Lipinski definition) is 12. The van der Waals surface area contributed by atoms with Gasteiger partial charge in [0, 0.05) is 6.42 Å². The summed E-state index contributed by atoms with van der Waals surface area (Å²) in [6, 6.07) is 6.02. The van der Waals surface area contributed by atoms with Gasteiger partial charge in [0.1, 0.15) is 60.2 Å². The van der Waals surface area contributed by atoms with E-state index in [4.69, 9.17) is 14.2 Å². The second-order valence-electron chi connectivity index (χ2n) is 8.84. The van der Waals surface area contributed by atoms with E-state index in [1.165, 1.54) is 18.0 Å². The predicted molar refractivity (Wildman–Crippen MR) is 116 cm³/mol. The van der Waals surface area contributed by atoms with Crippen molar-refractivity contribution in [1.29, 1.82) is 0 Å². The Balaban J connectivity index is 1.52. The third-order valence-electron chi connectivity index (χ3n) is 6.59. The van der Waals surface area contributed by atoms with E-state index in [0.717, 1.165) is 0 Å². The highest BCUT2D eigenvalue weighted by Gasteiger charge is 2.47. The van der Waals surface area contributed by atoms with Crippen molar-refractivity contribution >= 4 is 0 Å². The lowest BCUT2D eigenvalue weighted by molar-refractivity contribution is -0.208. The van der Waals surface area contributed by atoms with Crippen molar-refractivity contribution in [1.82, 2.24) is 15.0 Å². The molecule has 2 heterocycles. The lowest BCUT2D eigenvalue weighted by Gasteiger charge is -2.42. The number of ether oxygens (including phenoxy) is 3. The van der Waals surface area contributed by atoms with E-state index >= 15 is 0 Å². The molecule has 1 aromatic heterocycles. The Morgan fingerprint density at radius 3 is 2.34 bits per heavy atom. The van der Waals surface area contributed by atoms with Crippen molar-refractivity contribution in [3.05, 3.63) is 41.7 Å². The number of hydrogen-bond donors (Lipinski definition) is 7. The summed E-state index contributed by atoms with van der Waals surface area (Å²) in [7, 11) is 1.53. The Hall–Kier alpha value is -2.20. The first-order valence-corrected chi connectivity index (χ1v) is 11.3. The molecule has 194 valence electrons. The second kappa shape index (κ2) is 10.8. The standard InChI is InChI=1S/C22H31N3O10/c1-33-12-4-2-10(3-5-12)22-16(20(31)19(30)15(8-26)35-22)25-7-11(23-24-25)9-34-14-6-13(27)17(28)21(32)18(14)29/h2-5,7,13-22,26-32H,6,8-9H2,1H3/t13-,14?,15?,16?,17-,18-,19?,20?,21-,22?/m0/s1. The van der Waals surface area contributed by atoms with Gasteiger partial charge in [0.15, 0.2) is 0 Å². The topological polar surface area (TPSA) is 200 Å². The van der Waals surface area contributed by atoms with Crippen LogP contribution >= 0.6 is 0 Å². The smallest absolute Gasteiger partial charge is 0.118 e. The first kappa shape index (κ1) is 25.9. The van der Waals surface area contributed by atoms with Crippen molar-refractivity contribution in [2.24, 2.45) is 0 Å². The van der Waals surface area contributed by atoms with Gasteiger partial charge < -0.3 is 50.0 Å². The Labute approximate surface area is 200 Å². The van der Waals surface area contributed by atoms with Gasteiger partial charge in [-0.15, -0.1) is 5.10 Å². The van der Waals surface area contributed by atoms with Gasteiger partial charge in [-0.1, -0.05) is 17.3 Å². The molecule has 10 atom stereocenters. The van der Waals surface area contributed by atoms with Gasteiger partial charge in [-0.25, -0.2) is 4.68 Å². The molecule has 1 saturated carbocycles. The third-order valence-corrected chi connectivity index (χ3v) is 6.59. The van der Waals surface area contributed by atoms with Crippen LogP contribution in [0, 0.1) is 0 Å². The van der Waals surface area contributed by atoms with Gasteiger partial charge in [-0.3, -0.25) is 0 Å². The Kier molecular flexibility index (Phi) is 8.00. The van der Waals surface area contributed by atoms with Crippen molar-refractivity contribution < 1.29 is 50.0 Å². The highest BCUT2D eigenvalue weighted by Crippen LogP contribution is 2.40. The fourth-order valence-corrected chi connectivity index (χ4v) is 4.52. The molecule has 13 heteroatoms. The summed E-state index contributed by atoms with van der Waals surface area (Å²) >= 11 is 0. The lowest BCUT2D eigenvalue weighted by atomic mass is 9.87. The number of methoxy groups -OCH3 is 1. The maximum Gasteiger partial charge on any atom is 0.118 e. The van der Waals surface area contributed by atoms with E-state index in [9.17, 15) is 35.7 Å². The molecule has 35 heavy (non-hydrogen) atoms. The molecule has 7 N–H and O–H groups in total. The fraction of sp³-hybridized carbons (Fsp3) is 0.636. The predicted octanol–water partition coefficient (Wildman–Crippen LogP) is -2.59. The van der Waals surface area contributed by atoms with Crippen LogP contribution in [0.3, 0.4) is 0 Å². The zero-order valence-corrected chi connectivity index (χ0v) is 19.0. The summed E-state index contributed by atoms with van der Waals surface area (Å²) in [4.78, 5) is 0. The minimum atomic E-state index is -1.56. The Bertz CT molecular complexity index is 959. The maximum absolute atomic E-state index is 10.9. The second-order valence-corrected chi connectivity index (χ2v) is 8.84. The van der Waals surface area contributed by atoms with Crippen LogP contribution in [0.15, 0.2) is 30.5 Å². The Morgan fingerprint density at radius 1 is 0.971 bits per heavy atom. The lowest BCUT2D eigenvalue weighted by Crippen LogP contribution is -2.56. The molecule has 1 aliphatic heterocycles. The van der Waals surface area contributed by atoms with Crippen molar-refractivity contribution in [3.63, 3.8) is 0 Å². The van der Waals surface area contributed by atoms with Crippen LogP contribution in [0.5, 0.6) is 5.75 Å². The van der Waals surface area contributed by atoms with Gasteiger partial charge in [0.25, 0.3) is 0 Å². The van der Waals surface area contributed by atoms with Crippen LogP contribution in [-0.2, 0) is 16.1 Å². The average Bonchev–Trinajstić information content (AvgIpc) is 3.34. The maximum atomic E-state index is 10.9. The monoisotopic (exact) mass is 497 g/mol. The van der Waals surface area contributed by atoms with E-state index in [1.807, 2.05) is 0 Å². The van der Waals surface area contributed by atoms with Crippen LogP contribution < -0.4 is 4.74 Å². The van der Waals surface area contributed by atoms with Gasteiger partial charge >= 0.3 is 0 Å². The molecular weight excluding hydrogens is 466 g/mol. The Morgan fingerprint density at radius 2 is 1.69 bits per heavy atom. The summed E-state index contributed by atoms with van der Waals surface area (Å²) < 4.78 is 18.0. The summed E-state index contributed by atoms with van der Waals surface area (Å²) in [6.45, 7) is -0.639. The molecule has 0 radical (unpaired) electrons. The highest BCUT2D eigenvalue weighted by atomic mass is 16.5. The van der Waals surface area contributed by atoms with Crippen LogP contribution in [0.1, 0.15) is 29.8 Å². The molecule has 0 amide bonds. The molecule has 2 aromatic rings. The van der Waals surface area contributed by atoms with E-state index < -0.39 is 67.6 Å². The van der Waals surface area contributed by atoms with E-state index in [1.54, 1.807) is 24.3 Å². The zero-order chi connectivity index (χ0) is 25.3. The molecule has 6 unspecified atom stereocenters. The molecule has 0 bridgehead atoms. The normalized spacial score (nSPS) is 37.8. The minimum Gasteiger partial charge on any atom is -0.497 e. The first-order valence-electron chi connectivity index (χ1n) is 11.3. The fourth-order valence-electron chi connectivity index (χ4n) is 4.52. The van der Waals surface area contributed by atoms with Crippen LogP contribution in [0.25, 0.3) is 0 Å². The minimum absolute atomic E-state index is 0.0863. The number of aliphatic hydroxyl groups is 7. The molecular formula is C22H31N3O10. The molecule has 13 nitrogen and oxygen atoms in total. The zero-order valence-electron chi connectivity index (χ0n) is 19.0. The molecule has 4 rings (SSSR count). The van der Waals surface area contributed by atoms with Gasteiger partial charge in [0.2, 0.25) is 0 Å². The quantitative estimate of drug-likeness (QED) is 0.211. The molecule has 1 aliphatic carbocycles. The molecule has 1 saturated heterocycles. The molecule has 1 aromatic carbocycles. The van der Waals surface area contributed by atoms with Crippen molar-refractivity contribution in [2.45, 2.75) is 74.0 Å². The van der Waals surface area contributed by atoms with E-state index in [-0.39, 0.29) is 13.0 Å². The van der Waals surface area contributed by atoms with Crippen LogP contribution in [0.4, 0.5) is 0 Å². The van der Waals surface area contributed by atoms with Crippen LogP contribution in [-0.4, -0.2) is 113 Å². The number of benzene rings is 1. The van der Waals surface area contributed by atoms with Gasteiger partial charge in [-0.05, 0) is 17.7 Å². The number of rotatable bonds is 7. The molecule has 2 aliphatic rings. The molecule has 0 spiro atoms. The van der Waals surface area contributed by atoms with E-state index in [2.05, 4.69) is 10.3 Å². The number of aliphatic hydroxyl groups excluding tert-OH is 7. The average molecular weight is 498 g/mol. The molecule has 2 fully saturated rings. The summed E-state index contributed by atoms with van der Waals surface area (Å²) in [5, 5.41) is 78.6. The van der Waals surface area contributed by atoms with Crippen molar-refractivity contribution in [2.75, 3.05) is 13.7 Å².